The first-order valence-electron chi connectivity index (χ1n) is 7.04. The van der Waals surface area contributed by atoms with Crippen LogP contribution in [0.25, 0.3) is 10.8 Å². The second-order valence-corrected chi connectivity index (χ2v) is 5.18. The van der Waals surface area contributed by atoms with Crippen molar-refractivity contribution in [3.05, 3.63) is 60.2 Å². The molecule has 0 aromatic heterocycles. The summed E-state index contributed by atoms with van der Waals surface area (Å²) in [5.74, 6) is 0. The lowest BCUT2D eigenvalue weighted by Crippen LogP contribution is -2.27. The standard InChI is InChI=1S/C18H23N/c1-4-14(2)11-18(19-3)13-15-9-10-16-7-5-6-8-17(16)12-15/h5-10,12,18-19H,2,4,11,13H2,1,3H3. The first-order chi connectivity index (χ1) is 9.22. The lowest BCUT2D eigenvalue weighted by atomic mass is 9.97. The SMILES string of the molecule is C=C(CC)CC(Cc1ccc2ccccc2c1)NC. The van der Waals surface area contributed by atoms with Crippen molar-refractivity contribution in [2.75, 3.05) is 7.05 Å². The van der Waals surface area contributed by atoms with Crippen molar-refractivity contribution in [3.63, 3.8) is 0 Å². The van der Waals surface area contributed by atoms with Gasteiger partial charge in [0.15, 0.2) is 0 Å². The average molecular weight is 253 g/mol. The maximum absolute atomic E-state index is 4.11. The monoisotopic (exact) mass is 253 g/mol. The molecular weight excluding hydrogens is 230 g/mol. The molecule has 1 unspecified atom stereocenters. The molecule has 0 aliphatic heterocycles. The van der Waals surface area contributed by atoms with Gasteiger partial charge in [-0.05, 0) is 42.6 Å². The van der Waals surface area contributed by atoms with Gasteiger partial charge in [0.1, 0.15) is 0 Å². The predicted molar refractivity (Wildman–Crippen MR) is 84.5 cm³/mol. The lowest BCUT2D eigenvalue weighted by molar-refractivity contribution is 0.549. The van der Waals surface area contributed by atoms with E-state index in [1.807, 2.05) is 7.05 Å². The molecule has 0 saturated carbocycles. The minimum atomic E-state index is 0.480. The normalized spacial score (nSPS) is 12.5. The van der Waals surface area contributed by atoms with Crippen molar-refractivity contribution in [1.82, 2.24) is 5.32 Å². The number of fused-ring (bicyclic) bond motifs is 1. The topological polar surface area (TPSA) is 12.0 Å². The number of rotatable bonds is 6. The summed E-state index contributed by atoms with van der Waals surface area (Å²) in [7, 11) is 2.04. The molecule has 0 spiro atoms. The molecule has 0 fully saturated rings. The summed E-state index contributed by atoms with van der Waals surface area (Å²) in [4.78, 5) is 0. The molecule has 1 nitrogen and oxygen atoms in total. The van der Waals surface area contributed by atoms with Crippen LogP contribution in [0.15, 0.2) is 54.6 Å². The van der Waals surface area contributed by atoms with Crippen LogP contribution in [0.5, 0.6) is 0 Å². The Morgan fingerprint density at radius 1 is 1.16 bits per heavy atom. The van der Waals surface area contributed by atoms with Crippen molar-refractivity contribution in [2.45, 2.75) is 32.2 Å². The fraction of sp³-hybridized carbons (Fsp3) is 0.333. The number of hydrogen-bond acceptors (Lipinski definition) is 1. The van der Waals surface area contributed by atoms with E-state index in [1.165, 1.54) is 21.9 Å². The summed E-state index contributed by atoms with van der Waals surface area (Å²) in [6.07, 6.45) is 3.18. The Kier molecular flexibility index (Phi) is 4.75. The summed E-state index contributed by atoms with van der Waals surface area (Å²) >= 11 is 0. The molecule has 2 aromatic carbocycles. The van der Waals surface area contributed by atoms with Crippen LogP contribution >= 0.6 is 0 Å². The molecule has 100 valence electrons. The molecule has 0 saturated heterocycles. The van der Waals surface area contributed by atoms with Crippen molar-refractivity contribution >= 4 is 10.8 Å². The highest BCUT2D eigenvalue weighted by molar-refractivity contribution is 5.82. The van der Waals surface area contributed by atoms with Crippen LogP contribution in [0, 0.1) is 0 Å². The van der Waals surface area contributed by atoms with E-state index in [9.17, 15) is 0 Å². The van der Waals surface area contributed by atoms with Gasteiger partial charge < -0.3 is 5.32 Å². The Labute approximate surface area is 116 Å². The zero-order chi connectivity index (χ0) is 13.7. The van der Waals surface area contributed by atoms with E-state index < -0.39 is 0 Å². The molecule has 0 aliphatic rings. The van der Waals surface area contributed by atoms with E-state index in [0.717, 1.165) is 19.3 Å². The maximum atomic E-state index is 4.11. The van der Waals surface area contributed by atoms with Gasteiger partial charge in [-0.1, -0.05) is 61.5 Å². The Balaban J connectivity index is 2.12. The molecule has 1 heteroatoms. The molecule has 0 radical (unpaired) electrons. The van der Waals surface area contributed by atoms with Gasteiger partial charge in [0, 0.05) is 6.04 Å². The number of hydrogen-bond donors (Lipinski definition) is 1. The van der Waals surface area contributed by atoms with Crippen LogP contribution in [0.2, 0.25) is 0 Å². The smallest absolute Gasteiger partial charge is 0.0141 e. The quantitative estimate of drug-likeness (QED) is 0.756. The van der Waals surface area contributed by atoms with Gasteiger partial charge in [0.25, 0.3) is 0 Å². The van der Waals surface area contributed by atoms with Crippen molar-refractivity contribution < 1.29 is 0 Å². The van der Waals surface area contributed by atoms with Crippen LogP contribution < -0.4 is 5.32 Å². The summed E-state index contributed by atoms with van der Waals surface area (Å²) in [6, 6.07) is 15.8. The zero-order valence-electron chi connectivity index (χ0n) is 11.9. The number of benzene rings is 2. The van der Waals surface area contributed by atoms with Gasteiger partial charge >= 0.3 is 0 Å². The first kappa shape index (κ1) is 13.8. The largest absolute Gasteiger partial charge is 0.316 e. The molecule has 0 heterocycles. The van der Waals surface area contributed by atoms with Gasteiger partial charge in [-0.25, -0.2) is 0 Å². The fourth-order valence-electron chi connectivity index (χ4n) is 2.42. The van der Waals surface area contributed by atoms with Gasteiger partial charge in [0.2, 0.25) is 0 Å². The Hall–Kier alpha value is -1.60. The maximum Gasteiger partial charge on any atom is 0.0141 e. The highest BCUT2D eigenvalue weighted by Crippen LogP contribution is 2.18. The van der Waals surface area contributed by atoms with Crippen LogP contribution in [0.3, 0.4) is 0 Å². The van der Waals surface area contributed by atoms with Crippen molar-refractivity contribution in [3.8, 4) is 0 Å². The molecule has 0 aliphatic carbocycles. The molecule has 1 atom stereocenters. The molecule has 1 N–H and O–H groups in total. The fourth-order valence-corrected chi connectivity index (χ4v) is 2.42. The number of nitrogens with one attached hydrogen (secondary N) is 1. The minimum Gasteiger partial charge on any atom is -0.316 e. The molecular formula is C18H23N. The predicted octanol–water partition coefficient (Wildman–Crippen LogP) is 4.33. The summed E-state index contributed by atoms with van der Waals surface area (Å²) < 4.78 is 0. The van der Waals surface area contributed by atoms with E-state index in [2.05, 4.69) is 61.3 Å². The third-order valence-electron chi connectivity index (χ3n) is 3.74. The third-order valence-corrected chi connectivity index (χ3v) is 3.74. The Bertz CT molecular complexity index is 556. The Morgan fingerprint density at radius 2 is 1.89 bits per heavy atom. The Morgan fingerprint density at radius 3 is 2.58 bits per heavy atom. The van der Waals surface area contributed by atoms with Gasteiger partial charge in [-0.3, -0.25) is 0 Å². The van der Waals surface area contributed by atoms with Crippen LogP contribution in [0.1, 0.15) is 25.3 Å². The second kappa shape index (κ2) is 6.53. The number of likely N-dealkylation sites (N-methyl/N-ethyl adjacent to an activating group) is 1. The highest BCUT2D eigenvalue weighted by Gasteiger charge is 2.08. The molecule has 0 amide bonds. The van der Waals surface area contributed by atoms with Crippen LogP contribution in [-0.4, -0.2) is 13.1 Å². The van der Waals surface area contributed by atoms with Crippen LogP contribution in [0.4, 0.5) is 0 Å². The average Bonchev–Trinajstić information content (AvgIpc) is 2.46. The second-order valence-electron chi connectivity index (χ2n) is 5.18. The third kappa shape index (κ3) is 3.68. The molecule has 2 aromatic rings. The highest BCUT2D eigenvalue weighted by atomic mass is 14.9. The first-order valence-corrected chi connectivity index (χ1v) is 7.04. The van der Waals surface area contributed by atoms with E-state index in [-0.39, 0.29) is 0 Å². The van der Waals surface area contributed by atoms with Gasteiger partial charge in [0.05, 0.1) is 0 Å². The minimum absolute atomic E-state index is 0.480. The van der Waals surface area contributed by atoms with E-state index in [4.69, 9.17) is 0 Å². The van der Waals surface area contributed by atoms with Gasteiger partial charge in [-0.15, -0.1) is 0 Å². The van der Waals surface area contributed by atoms with Gasteiger partial charge in [-0.2, -0.15) is 0 Å². The van der Waals surface area contributed by atoms with Crippen molar-refractivity contribution in [2.24, 2.45) is 0 Å². The lowest BCUT2D eigenvalue weighted by Gasteiger charge is -2.17. The zero-order valence-corrected chi connectivity index (χ0v) is 11.9. The summed E-state index contributed by atoms with van der Waals surface area (Å²) in [5.41, 5.74) is 2.71. The van der Waals surface area contributed by atoms with Crippen molar-refractivity contribution in [1.29, 1.82) is 0 Å². The van der Waals surface area contributed by atoms with E-state index >= 15 is 0 Å². The molecule has 0 bridgehead atoms. The summed E-state index contributed by atoms with van der Waals surface area (Å²) in [5, 5.41) is 6.04. The van der Waals surface area contributed by atoms with E-state index in [0.29, 0.717) is 6.04 Å². The van der Waals surface area contributed by atoms with Crippen LogP contribution in [-0.2, 0) is 6.42 Å². The molecule has 19 heavy (non-hydrogen) atoms. The van der Waals surface area contributed by atoms with E-state index in [1.54, 1.807) is 0 Å². The molecule has 2 rings (SSSR count). The summed E-state index contributed by atoms with van der Waals surface area (Å²) in [6.45, 7) is 6.28.